The summed E-state index contributed by atoms with van der Waals surface area (Å²) >= 11 is 2.17. The van der Waals surface area contributed by atoms with Crippen molar-refractivity contribution in [3.8, 4) is 11.8 Å². The molecule has 1 amide bonds. The number of rotatable bonds is 5. The van der Waals surface area contributed by atoms with E-state index in [1.165, 1.54) is 6.08 Å². The van der Waals surface area contributed by atoms with Crippen molar-refractivity contribution in [1.82, 2.24) is 0 Å². The Morgan fingerprint density at radius 2 is 1.64 bits per heavy atom. The van der Waals surface area contributed by atoms with Gasteiger partial charge >= 0.3 is 5.97 Å². The molecule has 0 saturated carbocycles. The Labute approximate surface area is 204 Å². The van der Waals surface area contributed by atoms with E-state index in [-0.39, 0.29) is 5.57 Å². The highest BCUT2D eigenvalue weighted by atomic mass is 127. The lowest BCUT2D eigenvalue weighted by Crippen LogP contribution is -2.13. The number of benzene rings is 4. The van der Waals surface area contributed by atoms with E-state index in [1.807, 2.05) is 54.6 Å². The molecule has 33 heavy (non-hydrogen) atoms. The maximum Gasteiger partial charge on any atom is 0.344 e. The highest BCUT2D eigenvalue weighted by molar-refractivity contribution is 14.1. The molecule has 1 N–H and O–H groups in total. The number of esters is 1. The third kappa shape index (κ3) is 5.45. The minimum absolute atomic E-state index is 0.0638. The fraction of sp³-hybridized carbons (Fsp3) is 0. The fourth-order valence-corrected chi connectivity index (χ4v) is 3.64. The van der Waals surface area contributed by atoms with Crippen molar-refractivity contribution >= 4 is 57.0 Å². The number of amides is 1. The van der Waals surface area contributed by atoms with Gasteiger partial charge in [-0.05, 0) is 87.5 Å². The highest BCUT2D eigenvalue weighted by Gasteiger charge is 2.13. The average molecular weight is 544 g/mol. The Balaban J connectivity index is 1.53. The van der Waals surface area contributed by atoms with E-state index in [2.05, 4.69) is 27.9 Å². The molecule has 0 aliphatic rings. The molecule has 0 bridgehead atoms. The summed E-state index contributed by atoms with van der Waals surface area (Å²) in [6, 6.07) is 28.9. The van der Waals surface area contributed by atoms with Crippen molar-refractivity contribution < 1.29 is 14.3 Å². The number of halogens is 1. The largest absolute Gasteiger partial charge is 0.423 e. The lowest BCUT2D eigenvalue weighted by molar-refractivity contribution is -0.112. The van der Waals surface area contributed by atoms with Gasteiger partial charge in [0, 0.05) is 9.26 Å². The molecule has 0 aliphatic carbocycles. The zero-order chi connectivity index (χ0) is 23.2. The van der Waals surface area contributed by atoms with Gasteiger partial charge in [-0.1, -0.05) is 48.5 Å². The van der Waals surface area contributed by atoms with E-state index >= 15 is 0 Å². The van der Waals surface area contributed by atoms with Gasteiger partial charge in [0.25, 0.3) is 5.91 Å². The molecular formula is C27H17IN2O3. The number of carbonyl (C=O) groups is 2. The van der Waals surface area contributed by atoms with E-state index in [4.69, 9.17) is 4.74 Å². The van der Waals surface area contributed by atoms with Crippen LogP contribution in [0.2, 0.25) is 0 Å². The predicted molar refractivity (Wildman–Crippen MR) is 137 cm³/mol. The minimum Gasteiger partial charge on any atom is -0.423 e. The van der Waals surface area contributed by atoms with Crippen molar-refractivity contribution in [3.05, 3.63) is 111 Å². The molecule has 0 radical (unpaired) electrons. The van der Waals surface area contributed by atoms with Crippen LogP contribution in [0.25, 0.3) is 16.8 Å². The zero-order valence-corrected chi connectivity index (χ0v) is 19.4. The second-order valence-corrected chi connectivity index (χ2v) is 8.37. The molecule has 0 saturated heterocycles. The van der Waals surface area contributed by atoms with E-state index in [9.17, 15) is 14.9 Å². The predicted octanol–water partition coefficient (Wildman–Crippen LogP) is 6.21. The van der Waals surface area contributed by atoms with Crippen LogP contribution in [-0.2, 0) is 4.79 Å². The average Bonchev–Trinajstić information content (AvgIpc) is 2.83. The number of hydrogen-bond donors (Lipinski definition) is 1. The van der Waals surface area contributed by atoms with Crippen LogP contribution in [-0.4, -0.2) is 11.9 Å². The Hall–Kier alpha value is -3.96. The second-order valence-electron chi connectivity index (χ2n) is 7.12. The molecule has 0 unspecified atom stereocenters. The van der Waals surface area contributed by atoms with Crippen LogP contribution in [0.1, 0.15) is 15.9 Å². The third-order valence-corrected chi connectivity index (χ3v) is 5.58. The zero-order valence-electron chi connectivity index (χ0n) is 17.3. The number of carbonyl (C=O) groups excluding carboxylic acids is 2. The van der Waals surface area contributed by atoms with Gasteiger partial charge < -0.3 is 10.1 Å². The van der Waals surface area contributed by atoms with Crippen LogP contribution in [0.5, 0.6) is 5.75 Å². The molecule has 5 nitrogen and oxygen atoms in total. The van der Waals surface area contributed by atoms with Crippen molar-refractivity contribution in [2.24, 2.45) is 0 Å². The third-order valence-electron chi connectivity index (χ3n) is 4.86. The summed E-state index contributed by atoms with van der Waals surface area (Å²) in [4.78, 5) is 25.3. The van der Waals surface area contributed by atoms with Gasteiger partial charge in [-0.15, -0.1) is 0 Å². The number of fused-ring (bicyclic) bond motifs is 1. The van der Waals surface area contributed by atoms with E-state index in [1.54, 1.807) is 42.5 Å². The summed E-state index contributed by atoms with van der Waals surface area (Å²) < 4.78 is 6.62. The molecule has 0 aliphatic heterocycles. The topological polar surface area (TPSA) is 79.2 Å². The molecule has 6 heteroatoms. The maximum absolute atomic E-state index is 12.8. The van der Waals surface area contributed by atoms with Gasteiger partial charge in [-0.25, -0.2) is 4.79 Å². The fourth-order valence-electron chi connectivity index (χ4n) is 3.28. The van der Waals surface area contributed by atoms with Gasteiger partial charge in [-0.3, -0.25) is 4.79 Å². The summed E-state index contributed by atoms with van der Waals surface area (Å²) in [6.07, 6.45) is 1.46. The summed E-state index contributed by atoms with van der Waals surface area (Å²) in [5.74, 6) is -0.682. The number of nitrogens with one attached hydrogen (secondary N) is 1. The molecule has 0 atom stereocenters. The first kappa shape index (κ1) is 22.2. The molecule has 0 fully saturated rings. The Morgan fingerprint density at radius 3 is 2.42 bits per heavy atom. The van der Waals surface area contributed by atoms with Crippen LogP contribution in [0, 0.1) is 14.9 Å². The van der Waals surface area contributed by atoms with Crippen LogP contribution in [0.4, 0.5) is 5.69 Å². The first-order chi connectivity index (χ1) is 16.0. The first-order valence-electron chi connectivity index (χ1n) is 10.0. The van der Waals surface area contributed by atoms with Crippen LogP contribution in [0.15, 0.2) is 96.6 Å². The van der Waals surface area contributed by atoms with Crippen molar-refractivity contribution in [3.63, 3.8) is 0 Å². The lowest BCUT2D eigenvalue weighted by atomic mass is 10.0. The molecule has 0 aromatic heterocycles. The van der Waals surface area contributed by atoms with E-state index in [0.717, 1.165) is 14.3 Å². The quantitative estimate of drug-likeness (QED) is 0.107. The number of nitriles is 1. The van der Waals surface area contributed by atoms with Gasteiger partial charge in [0.2, 0.25) is 0 Å². The Morgan fingerprint density at radius 1 is 0.909 bits per heavy atom. The molecule has 4 aromatic rings. The normalized spacial score (nSPS) is 11.0. The lowest BCUT2D eigenvalue weighted by Gasteiger charge is -2.08. The van der Waals surface area contributed by atoms with Crippen LogP contribution in [0.3, 0.4) is 0 Å². The van der Waals surface area contributed by atoms with Crippen molar-refractivity contribution in [2.75, 3.05) is 5.32 Å². The molecule has 0 spiro atoms. The van der Waals surface area contributed by atoms with Crippen molar-refractivity contribution in [2.45, 2.75) is 0 Å². The molecule has 160 valence electrons. The SMILES string of the molecule is N#C/C(=C\c1cccc(OC(=O)c2cccc3ccccc23)c1)C(=O)Nc1ccc(I)cc1. The van der Waals surface area contributed by atoms with Crippen LogP contribution < -0.4 is 10.1 Å². The smallest absolute Gasteiger partial charge is 0.344 e. The van der Waals surface area contributed by atoms with Gasteiger partial charge in [0.1, 0.15) is 17.4 Å². The summed E-state index contributed by atoms with van der Waals surface area (Å²) in [7, 11) is 0. The van der Waals surface area contributed by atoms with Crippen molar-refractivity contribution in [1.29, 1.82) is 5.26 Å². The van der Waals surface area contributed by atoms with Gasteiger partial charge in [0.15, 0.2) is 0 Å². The minimum atomic E-state index is -0.517. The van der Waals surface area contributed by atoms with E-state index in [0.29, 0.717) is 22.6 Å². The number of anilines is 1. The summed E-state index contributed by atoms with van der Waals surface area (Å²) in [6.45, 7) is 0. The highest BCUT2D eigenvalue weighted by Crippen LogP contribution is 2.22. The number of ether oxygens (including phenoxy) is 1. The maximum atomic E-state index is 12.8. The molecular weight excluding hydrogens is 527 g/mol. The molecule has 4 aromatic carbocycles. The first-order valence-corrected chi connectivity index (χ1v) is 11.1. The van der Waals surface area contributed by atoms with E-state index < -0.39 is 11.9 Å². The summed E-state index contributed by atoms with van der Waals surface area (Å²) in [5, 5.41) is 13.9. The molecule has 4 rings (SSSR count). The van der Waals surface area contributed by atoms with Gasteiger partial charge in [-0.2, -0.15) is 5.26 Å². The Kier molecular flexibility index (Phi) is 6.81. The Bertz CT molecular complexity index is 1410. The second kappa shape index (κ2) is 10.1. The number of hydrogen-bond acceptors (Lipinski definition) is 4. The van der Waals surface area contributed by atoms with Crippen LogP contribution >= 0.6 is 22.6 Å². The standard InChI is InChI=1S/C27H17IN2O3/c28-21-11-13-22(14-12-21)30-26(31)20(17-29)15-18-5-3-8-23(16-18)33-27(32)25-10-4-7-19-6-1-2-9-24(19)25/h1-16H,(H,30,31)/b20-15+. The monoisotopic (exact) mass is 544 g/mol. The molecule has 0 heterocycles. The van der Waals surface area contributed by atoms with Gasteiger partial charge in [0.05, 0.1) is 5.56 Å². The number of nitrogens with zero attached hydrogens (tertiary/aromatic N) is 1. The summed E-state index contributed by atoms with van der Waals surface area (Å²) in [5.41, 5.74) is 1.56.